The Morgan fingerprint density at radius 2 is 1.09 bits per heavy atom. The van der Waals surface area contributed by atoms with E-state index in [-0.39, 0.29) is 18.3 Å². The fourth-order valence-corrected chi connectivity index (χ4v) is 8.74. The summed E-state index contributed by atoms with van der Waals surface area (Å²) in [5, 5.41) is 2.62. The van der Waals surface area contributed by atoms with Crippen LogP contribution in [0.15, 0.2) is 36.4 Å². The lowest BCUT2D eigenvalue weighted by molar-refractivity contribution is -0.180. The van der Waals surface area contributed by atoms with Crippen LogP contribution in [0.2, 0.25) is 0 Å². The molecule has 2 unspecified atom stereocenters. The number of carbonyl (C=O) groups excluding carboxylic acids is 2. The van der Waals surface area contributed by atoms with Gasteiger partial charge in [-0.3, -0.25) is 9.59 Å². The summed E-state index contributed by atoms with van der Waals surface area (Å²) in [6, 6.07) is 13.1. The minimum absolute atomic E-state index is 0.191. The molecule has 6 rings (SSSR count). The number of nitrogens with one attached hydrogen (secondary N) is 2. The Morgan fingerprint density at radius 3 is 1.47 bits per heavy atom. The lowest BCUT2D eigenvalue weighted by atomic mass is 9.73. The highest BCUT2D eigenvalue weighted by molar-refractivity contribution is 5.91. The van der Waals surface area contributed by atoms with Crippen molar-refractivity contribution in [3.8, 4) is 0 Å². The van der Waals surface area contributed by atoms with E-state index >= 15 is 0 Å². The Hall–Kier alpha value is -3.54. The zero-order chi connectivity index (χ0) is 31.9. The van der Waals surface area contributed by atoms with Crippen molar-refractivity contribution in [2.45, 2.75) is 123 Å². The number of H-pyrrole nitrogens is 2. The SMILES string of the molecule is CCC(CC)(OC(=O)CC(=O)OC(CC)(CC)C1CCc2c([nH]c3ccc(C)cc23)C1)C1CCc2c([nH]c3ccc(C)cc23)C1. The minimum atomic E-state index is -0.609. The number of hydrogen-bond acceptors (Lipinski definition) is 4. The van der Waals surface area contributed by atoms with Crippen molar-refractivity contribution in [1.29, 1.82) is 0 Å². The van der Waals surface area contributed by atoms with E-state index in [0.29, 0.717) is 25.7 Å². The highest BCUT2D eigenvalue weighted by atomic mass is 16.6. The van der Waals surface area contributed by atoms with Crippen LogP contribution < -0.4 is 0 Å². The lowest BCUT2D eigenvalue weighted by Gasteiger charge is -2.42. The van der Waals surface area contributed by atoms with Gasteiger partial charge in [-0.25, -0.2) is 0 Å². The molecule has 4 aromatic rings. The topological polar surface area (TPSA) is 84.2 Å². The number of carbonyl (C=O) groups is 2. The zero-order valence-corrected chi connectivity index (χ0v) is 28.0. The Balaban J connectivity index is 1.13. The first-order chi connectivity index (χ1) is 21.6. The van der Waals surface area contributed by atoms with E-state index in [1.54, 1.807) is 0 Å². The van der Waals surface area contributed by atoms with E-state index in [9.17, 15) is 9.59 Å². The molecule has 2 aromatic heterocycles. The maximum Gasteiger partial charge on any atom is 0.317 e. The summed E-state index contributed by atoms with van der Waals surface area (Å²) in [6.45, 7) is 12.7. The van der Waals surface area contributed by atoms with Gasteiger partial charge in [0.05, 0.1) is 0 Å². The van der Waals surface area contributed by atoms with Gasteiger partial charge >= 0.3 is 11.9 Å². The summed E-state index contributed by atoms with van der Waals surface area (Å²) < 4.78 is 12.6. The molecule has 0 amide bonds. The summed E-state index contributed by atoms with van der Waals surface area (Å²) in [7, 11) is 0. The molecule has 0 radical (unpaired) electrons. The molecule has 2 N–H and O–H groups in total. The van der Waals surface area contributed by atoms with Crippen LogP contribution in [-0.2, 0) is 44.7 Å². The van der Waals surface area contributed by atoms with Gasteiger partial charge < -0.3 is 19.4 Å². The monoisotopic (exact) mass is 610 g/mol. The van der Waals surface area contributed by atoms with Crippen molar-refractivity contribution >= 4 is 33.7 Å². The van der Waals surface area contributed by atoms with E-state index in [2.05, 4.69) is 87.9 Å². The normalized spacial score (nSPS) is 18.5. The van der Waals surface area contributed by atoms with E-state index in [0.717, 1.165) is 38.5 Å². The third-order valence-electron chi connectivity index (χ3n) is 11.5. The molecule has 2 aliphatic rings. The Bertz CT molecular complexity index is 1590. The molecule has 2 aliphatic carbocycles. The van der Waals surface area contributed by atoms with E-state index in [4.69, 9.17) is 9.47 Å². The van der Waals surface area contributed by atoms with Gasteiger partial charge in [-0.2, -0.15) is 0 Å². The third-order valence-corrected chi connectivity index (χ3v) is 11.5. The number of esters is 2. The molecule has 45 heavy (non-hydrogen) atoms. The summed E-state index contributed by atoms with van der Waals surface area (Å²) in [5.41, 5.74) is 8.96. The van der Waals surface area contributed by atoms with Gasteiger partial charge in [0, 0.05) is 45.0 Å². The largest absolute Gasteiger partial charge is 0.458 e. The average Bonchev–Trinajstić information content (AvgIpc) is 3.59. The molecule has 0 saturated heterocycles. The van der Waals surface area contributed by atoms with Crippen LogP contribution in [0.5, 0.6) is 0 Å². The van der Waals surface area contributed by atoms with Gasteiger partial charge in [0.25, 0.3) is 0 Å². The summed E-state index contributed by atoms with van der Waals surface area (Å²) in [5.74, 6) is -0.563. The van der Waals surface area contributed by atoms with Crippen LogP contribution in [0.25, 0.3) is 21.8 Å². The third kappa shape index (κ3) is 5.70. The van der Waals surface area contributed by atoms with Crippen LogP contribution in [0.1, 0.15) is 106 Å². The van der Waals surface area contributed by atoms with Crippen LogP contribution in [0, 0.1) is 25.7 Å². The molecule has 0 fully saturated rings. The molecule has 0 bridgehead atoms. The molecule has 2 aromatic carbocycles. The molecule has 240 valence electrons. The summed E-state index contributed by atoms with van der Waals surface area (Å²) in [6.07, 6.45) is 8.02. The zero-order valence-electron chi connectivity index (χ0n) is 28.0. The number of fused-ring (bicyclic) bond motifs is 6. The van der Waals surface area contributed by atoms with Crippen LogP contribution in [-0.4, -0.2) is 33.1 Å². The molecule has 0 spiro atoms. The molecule has 2 atom stereocenters. The van der Waals surface area contributed by atoms with Crippen molar-refractivity contribution in [2.24, 2.45) is 11.8 Å². The number of rotatable bonds is 10. The highest BCUT2D eigenvalue weighted by Crippen LogP contribution is 2.43. The Morgan fingerprint density at radius 1 is 0.689 bits per heavy atom. The number of hydrogen-bond donors (Lipinski definition) is 2. The molecular weight excluding hydrogens is 560 g/mol. The van der Waals surface area contributed by atoms with E-state index in [1.165, 1.54) is 55.4 Å². The molecule has 6 nitrogen and oxygen atoms in total. The van der Waals surface area contributed by atoms with E-state index < -0.39 is 23.1 Å². The number of aryl methyl sites for hydroxylation is 4. The van der Waals surface area contributed by atoms with Crippen molar-refractivity contribution in [2.75, 3.05) is 0 Å². The molecule has 6 heteroatoms. The van der Waals surface area contributed by atoms with Gasteiger partial charge in [-0.05, 0) is 113 Å². The van der Waals surface area contributed by atoms with Gasteiger partial charge in [0.15, 0.2) is 0 Å². The molecule has 0 saturated carbocycles. The van der Waals surface area contributed by atoms with Gasteiger partial charge in [-0.15, -0.1) is 0 Å². The smallest absolute Gasteiger partial charge is 0.317 e. The number of aromatic nitrogens is 2. The summed E-state index contributed by atoms with van der Waals surface area (Å²) >= 11 is 0. The molecule has 0 aliphatic heterocycles. The average molecular weight is 611 g/mol. The van der Waals surface area contributed by atoms with Crippen molar-refractivity contribution in [3.63, 3.8) is 0 Å². The second kappa shape index (κ2) is 12.3. The van der Waals surface area contributed by atoms with Gasteiger partial charge in [-0.1, -0.05) is 51.0 Å². The molecule has 2 heterocycles. The first kappa shape index (κ1) is 31.4. The second-order valence-corrected chi connectivity index (χ2v) is 13.8. The first-order valence-electron chi connectivity index (χ1n) is 17.3. The summed E-state index contributed by atoms with van der Waals surface area (Å²) in [4.78, 5) is 34.2. The second-order valence-electron chi connectivity index (χ2n) is 13.8. The van der Waals surface area contributed by atoms with Gasteiger partial charge in [0.1, 0.15) is 17.6 Å². The quantitative estimate of drug-likeness (QED) is 0.139. The van der Waals surface area contributed by atoms with Crippen molar-refractivity contribution in [1.82, 2.24) is 9.97 Å². The van der Waals surface area contributed by atoms with Crippen LogP contribution in [0.4, 0.5) is 0 Å². The van der Waals surface area contributed by atoms with Crippen LogP contribution >= 0.6 is 0 Å². The van der Waals surface area contributed by atoms with E-state index in [1.807, 2.05) is 0 Å². The fourth-order valence-electron chi connectivity index (χ4n) is 8.74. The van der Waals surface area contributed by atoms with Crippen molar-refractivity contribution < 1.29 is 19.1 Å². The van der Waals surface area contributed by atoms with Gasteiger partial charge in [0.2, 0.25) is 0 Å². The standard InChI is InChI=1S/C39H50N2O4/c1-7-38(8-2,26-13-15-28-30-19-24(5)11-17-32(30)40-34(28)21-26)44-36(42)23-37(43)45-39(9-3,10-4)27-14-16-29-31-20-25(6)12-18-33(31)41-35(29)22-27/h11-12,17-20,26-27,40-41H,7-10,13-16,21-23H2,1-6H3. The number of benzene rings is 2. The number of ether oxygens (including phenoxy) is 2. The van der Waals surface area contributed by atoms with Crippen LogP contribution in [0.3, 0.4) is 0 Å². The predicted molar refractivity (Wildman–Crippen MR) is 181 cm³/mol. The minimum Gasteiger partial charge on any atom is -0.458 e. The predicted octanol–water partition coefficient (Wildman–Crippen LogP) is 8.77. The Kier molecular flexibility index (Phi) is 8.62. The highest BCUT2D eigenvalue weighted by Gasteiger charge is 2.44. The fraction of sp³-hybridized carbons (Fsp3) is 0.538. The molecular formula is C39H50N2O4. The maximum absolute atomic E-state index is 13.4. The number of aromatic amines is 2. The lowest BCUT2D eigenvalue weighted by Crippen LogP contribution is -2.46. The maximum atomic E-state index is 13.4. The Labute approximate surface area is 267 Å². The van der Waals surface area contributed by atoms with Crippen molar-refractivity contribution in [3.05, 3.63) is 70.0 Å². The first-order valence-corrected chi connectivity index (χ1v) is 17.3.